The second kappa shape index (κ2) is 5.16. The third-order valence-electron chi connectivity index (χ3n) is 2.42. The monoisotopic (exact) mass is 226 g/mol. The SMILES string of the molecule is CC(Cc1cccs1)N(C)C(=O)N(C)C. The lowest BCUT2D eigenvalue weighted by atomic mass is 10.2. The number of amides is 2. The van der Waals surface area contributed by atoms with Crippen LogP contribution in [0.4, 0.5) is 4.79 Å². The molecule has 1 aromatic rings. The summed E-state index contributed by atoms with van der Waals surface area (Å²) < 4.78 is 0. The van der Waals surface area contributed by atoms with E-state index in [4.69, 9.17) is 0 Å². The number of urea groups is 1. The highest BCUT2D eigenvalue weighted by Gasteiger charge is 2.17. The smallest absolute Gasteiger partial charge is 0.319 e. The second-order valence-electron chi connectivity index (χ2n) is 3.92. The third kappa shape index (κ3) is 3.23. The molecule has 1 heterocycles. The van der Waals surface area contributed by atoms with Gasteiger partial charge in [-0.05, 0) is 18.4 Å². The predicted octanol–water partition coefficient (Wildman–Crippen LogP) is 2.29. The lowest BCUT2D eigenvalue weighted by Crippen LogP contribution is -2.42. The summed E-state index contributed by atoms with van der Waals surface area (Å²) in [6.45, 7) is 2.07. The van der Waals surface area contributed by atoms with Gasteiger partial charge in [-0.25, -0.2) is 4.79 Å². The Labute approximate surface area is 95.3 Å². The fraction of sp³-hybridized carbons (Fsp3) is 0.545. The molecule has 1 aromatic heterocycles. The van der Waals surface area contributed by atoms with Crippen molar-refractivity contribution in [3.63, 3.8) is 0 Å². The number of likely N-dealkylation sites (N-methyl/N-ethyl adjacent to an activating group) is 1. The minimum Gasteiger partial charge on any atom is -0.331 e. The Hall–Kier alpha value is -1.03. The van der Waals surface area contributed by atoms with Crippen LogP contribution in [-0.4, -0.2) is 43.0 Å². The summed E-state index contributed by atoms with van der Waals surface area (Å²) in [5.74, 6) is 0. The van der Waals surface area contributed by atoms with Gasteiger partial charge in [0.2, 0.25) is 0 Å². The van der Waals surface area contributed by atoms with Gasteiger partial charge in [0.25, 0.3) is 0 Å². The molecule has 0 saturated carbocycles. The van der Waals surface area contributed by atoms with Crippen molar-refractivity contribution in [2.45, 2.75) is 19.4 Å². The van der Waals surface area contributed by atoms with Gasteiger partial charge in [-0.2, -0.15) is 0 Å². The van der Waals surface area contributed by atoms with Crippen LogP contribution in [0, 0.1) is 0 Å². The van der Waals surface area contributed by atoms with Crippen LogP contribution in [0.3, 0.4) is 0 Å². The fourth-order valence-electron chi connectivity index (χ4n) is 1.36. The van der Waals surface area contributed by atoms with Crippen molar-refractivity contribution >= 4 is 17.4 Å². The van der Waals surface area contributed by atoms with Crippen LogP contribution in [-0.2, 0) is 6.42 Å². The second-order valence-corrected chi connectivity index (χ2v) is 4.95. The molecule has 1 atom stereocenters. The van der Waals surface area contributed by atoms with E-state index < -0.39 is 0 Å². The van der Waals surface area contributed by atoms with E-state index in [0.29, 0.717) is 0 Å². The van der Waals surface area contributed by atoms with Gasteiger partial charge in [-0.15, -0.1) is 11.3 Å². The fourth-order valence-corrected chi connectivity index (χ4v) is 2.19. The van der Waals surface area contributed by atoms with Crippen molar-refractivity contribution in [1.29, 1.82) is 0 Å². The Morgan fingerprint density at radius 1 is 1.47 bits per heavy atom. The van der Waals surface area contributed by atoms with Gasteiger partial charge in [0.15, 0.2) is 0 Å². The highest BCUT2D eigenvalue weighted by molar-refractivity contribution is 7.09. The van der Waals surface area contributed by atoms with Gasteiger partial charge in [-0.3, -0.25) is 0 Å². The van der Waals surface area contributed by atoms with E-state index in [1.54, 1.807) is 35.2 Å². The molecule has 0 aromatic carbocycles. The Morgan fingerprint density at radius 3 is 2.60 bits per heavy atom. The minimum atomic E-state index is 0.0547. The maximum absolute atomic E-state index is 11.7. The van der Waals surface area contributed by atoms with Gasteiger partial charge in [0.05, 0.1) is 0 Å². The van der Waals surface area contributed by atoms with Gasteiger partial charge in [-0.1, -0.05) is 6.07 Å². The molecular weight excluding hydrogens is 208 g/mol. The van der Waals surface area contributed by atoms with Crippen LogP contribution in [0.1, 0.15) is 11.8 Å². The van der Waals surface area contributed by atoms with Gasteiger partial charge in [0, 0.05) is 38.5 Å². The van der Waals surface area contributed by atoms with Crippen molar-refractivity contribution in [1.82, 2.24) is 9.80 Å². The molecule has 84 valence electrons. The molecule has 0 bridgehead atoms. The molecular formula is C11H18N2OS. The van der Waals surface area contributed by atoms with Gasteiger partial charge >= 0.3 is 6.03 Å². The van der Waals surface area contributed by atoms with Crippen LogP contribution in [0.25, 0.3) is 0 Å². The van der Waals surface area contributed by atoms with E-state index in [0.717, 1.165) is 6.42 Å². The Bertz CT molecular complexity index is 308. The van der Waals surface area contributed by atoms with Gasteiger partial charge < -0.3 is 9.80 Å². The minimum absolute atomic E-state index is 0.0547. The quantitative estimate of drug-likeness (QED) is 0.775. The van der Waals surface area contributed by atoms with Crippen LogP contribution in [0.5, 0.6) is 0 Å². The van der Waals surface area contributed by atoms with E-state index in [2.05, 4.69) is 18.4 Å². The largest absolute Gasteiger partial charge is 0.331 e. The van der Waals surface area contributed by atoms with Crippen molar-refractivity contribution < 1.29 is 4.79 Å². The summed E-state index contributed by atoms with van der Waals surface area (Å²) in [6.07, 6.45) is 0.924. The maximum Gasteiger partial charge on any atom is 0.319 e. The van der Waals surface area contributed by atoms with E-state index in [1.165, 1.54) is 4.88 Å². The molecule has 0 aliphatic rings. The van der Waals surface area contributed by atoms with Crippen LogP contribution >= 0.6 is 11.3 Å². The zero-order valence-electron chi connectivity index (χ0n) is 9.73. The van der Waals surface area contributed by atoms with E-state index in [1.807, 2.05) is 13.1 Å². The van der Waals surface area contributed by atoms with Crippen molar-refractivity contribution in [3.05, 3.63) is 22.4 Å². The van der Waals surface area contributed by atoms with Crippen molar-refractivity contribution in [2.75, 3.05) is 21.1 Å². The zero-order valence-corrected chi connectivity index (χ0v) is 10.5. The van der Waals surface area contributed by atoms with Crippen molar-refractivity contribution in [2.24, 2.45) is 0 Å². The molecule has 0 radical (unpaired) electrons. The maximum atomic E-state index is 11.7. The number of hydrogen-bond donors (Lipinski definition) is 0. The zero-order chi connectivity index (χ0) is 11.4. The van der Waals surface area contributed by atoms with E-state index in [-0.39, 0.29) is 12.1 Å². The first-order valence-electron chi connectivity index (χ1n) is 4.99. The molecule has 3 nitrogen and oxygen atoms in total. The molecule has 4 heteroatoms. The van der Waals surface area contributed by atoms with Crippen molar-refractivity contribution in [3.8, 4) is 0 Å². The number of rotatable bonds is 3. The molecule has 15 heavy (non-hydrogen) atoms. The molecule has 0 saturated heterocycles. The van der Waals surface area contributed by atoms with Crippen LogP contribution in [0.2, 0.25) is 0 Å². The van der Waals surface area contributed by atoms with Crippen LogP contribution in [0.15, 0.2) is 17.5 Å². The Balaban J connectivity index is 2.53. The summed E-state index contributed by atoms with van der Waals surface area (Å²) >= 11 is 1.74. The summed E-state index contributed by atoms with van der Waals surface area (Å²) in [7, 11) is 5.40. The molecule has 0 spiro atoms. The first-order valence-corrected chi connectivity index (χ1v) is 5.87. The number of nitrogens with zero attached hydrogens (tertiary/aromatic N) is 2. The van der Waals surface area contributed by atoms with E-state index in [9.17, 15) is 4.79 Å². The van der Waals surface area contributed by atoms with E-state index >= 15 is 0 Å². The van der Waals surface area contributed by atoms with Gasteiger partial charge in [0.1, 0.15) is 0 Å². The molecule has 2 amide bonds. The Kier molecular flexibility index (Phi) is 4.15. The highest BCUT2D eigenvalue weighted by Crippen LogP contribution is 2.13. The summed E-state index contributed by atoms with van der Waals surface area (Å²) in [4.78, 5) is 16.4. The summed E-state index contributed by atoms with van der Waals surface area (Å²) in [5.41, 5.74) is 0. The molecule has 1 rings (SSSR count). The molecule has 0 aliphatic heterocycles. The normalized spacial score (nSPS) is 12.3. The predicted molar refractivity (Wildman–Crippen MR) is 64.3 cm³/mol. The number of hydrogen-bond acceptors (Lipinski definition) is 2. The molecule has 0 fully saturated rings. The average Bonchev–Trinajstić information content (AvgIpc) is 2.67. The average molecular weight is 226 g/mol. The van der Waals surface area contributed by atoms with Crippen LogP contribution < -0.4 is 0 Å². The number of carbonyl (C=O) groups excluding carboxylic acids is 1. The molecule has 0 N–H and O–H groups in total. The highest BCUT2D eigenvalue weighted by atomic mass is 32.1. The first kappa shape index (κ1) is 12.0. The summed E-state index contributed by atoms with van der Waals surface area (Å²) in [5, 5.41) is 2.07. The molecule has 0 aliphatic carbocycles. The number of carbonyl (C=O) groups is 1. The lowest BCUT2D eigenvalue weighted by Gasteiger charge is -2.27. The topological polar surface area (TPSA) is 23.6 Å². The first-order chi connectivity index (χ1) is 7.02. The summed E-state index contributed by atoms with van der Waals surface area (Å²) in [6, 6.07) is 4.44. The third-order valence-corrected chi connectivity index (χ3v) is 3.32. The standard InChI is InChI=1S/C11H18N2OS/c1-9(8-10-6-5-7-15-10)13(4)11(14)12(2)3/h5-7,9H,8H2,1-4H3. The number of thiophene rings is 1. The Morgan fingerprint density at radius 2 is 2.13 bits per heavy atom. The lowest BCUT2D eigenvalue weighted by molar-refractivity contribution is 0.167. The molecule has 1 unspecified atom stereocenters.